The zero-order chi connectivity index (χ0) is 27.7. The predicted octanol–water partition coefficient (Wildman–Crippen LogP) is 4.07. The molecule has 38 heavy (non-hydrogen) atoms. The fourth-order valence-electron chi connectivity index (χ4n) is 3.81. The minimum atomic E-state index is -1.23. The molecule has 3 rings (SSSR count). The predicted molar refractivity (Wildman–Crippen MR) is 140 cm³/mol. The molecule has 2 amide bonds. The van der Waals surface area contributed by atoms with E-state index in [1.165, 1.54) is 0 Å². The van der Waals surface area contributed by atoms with Crippen molar-refractivity contribution in [3.8, 4) is 6.07 Å². The third-order valence-corrected chi connectivity index (χ3v) is 5.81. The summed E-state index contributed by atoms with van der Waals surface area (Å²) >= 11 is 0. The Bertz CT molecular complexity index is 1370. The van der Waals surface area contributed by atoms with E-state index in [0.717, 1.165) is 41.0 Å². The van der Waals surface area contributed by atoms with Crippen LogP contribution in [0.1, 0.15) is 29.2 Å². The van der Waals surface area contributed by atoms with E-state index < -0.39 is 29.2 Å². The number of nitrogens with one attached hydrogen (secondary N) is 2. The molecule has 3 aromatic carbocycles. The molecular formula is C29H23N3O6. The Hall–Kier alpha value is -5.49. The summed E-state index contributed by atoms with van der Waals surface area (Å²) < 4.78 is 0. The summed E-state index contributed by atoms with van der Waals surface area (Å²) in [5.74, 6) is -3.61. The summed E-state index contributed by atoms with van der Waals surface area (Å²) in [4.78, 5) is 45.1. The van der Waals surface area contributed by atoms with Crippen LogP contribution in [0.4, 0.5) is 11.4 Å². The number of rotatable bonds is 9. The van der Waals surface area contributed by atoms with Gasteiger partial charge < -0.3 is 20.8 Å². The number of benzene rings is 3. The number of carboxylic acid groups (broad SMARTS) is 2. The first-order valence-corrected chi connectivity index (χ1v) is 11.3. The highest BCUT2D eigenvalue weighted by Gasteiger charge is 2.31. The van der Waals surface area contributed by atoms with E-state index in [2.05, 4.69) is 16.7 Å². The number of hydrogen-bond donors (Lipinski definition) is 4. The van der Waals surface area contributed by atoms with Gasteiger partial charge in [-0.1, -0.05) is 36.4 Å². The summed E-state index contributed by atoms with van der Waals surface area (Å²) in [5, 5.41) is 31.8. The number of anilines is 2. The first-order valence-electron chi connectivity index (χ1n) is 11.3. The highest BCUT2D eigenvalue weighted by molar-refractivity contribution is 6.03. The molecule has 4 N–H and O–H groups in total. The summed E-state index contributed by atoms with van der Waals surface area (Å²) in [6, 6.07) is 23.4. The number of carbonyl (C=O) groups excluding carboxylic acids is 2. The van der Waals surface area contributed by atoms with E-state index >= 15 is 0 Å². The number of carbonyl (C=O) groups is 4. The van der Waals surface area contributed by atoms with Crippen molar-refractivity contribution in [2.24, 2.45) is 0 Å². The van der Waals surface area contributed by atoms with Crippen molar-refractivity contribution in [3.63, 3.8) is 0 Å². The van der Waals surface area contributed by atoms with Crippen molar-refractivity contribution >= 4 is 35.1 Å². The second kappa shape index (κ2) is 12.0. The van der Waals surface area contributed by atoms with E-state index in [-0.39, 0.29) is 0 Å². The number of carboxylic acids is 2. The first-order chi connectivity index (χ1) is 18.1. The Kier molecular flexibility index (Phi) is 8.53. The van der Waals surface area contributed by atoms with Crippen LogP contribution in [0, 0.1) is 11.3 Å². The molecule has 0 aliphatic heterocycles. The molecule has 3 aromatic rings. The van der Waals surface area contributed by atoms with Gasteiger partial charge in [0.05, 0.1) is 11.6 Å². The van der Waals surface area contributed by atoms with Gasteiger partial charge >= 0.3 is 11.9 Å². The van der Waals surface area contributed by atoms with Crippen LogP contribution in [-0.2, 0) is 24.6 Å². The van der Waals surface area contributed by atoms with Gasteiger partial charge in [0.1, 0.15) is 0 Å². The summed E-state index contributed by atoms with van der Waals surface area (Å²) in [6.45, 7) is 2.00. The Morgan fingerprint density at radius 1 is 0.658 bits per heavy atom. The van der Waals surface area contributed by atoms with E-state index in [4.69, 9.17) is 10.2 Å². The van der Waals surface area contributed by atoms with Crippen molar-refractivity contribution < 1.29 is 29.4 Å². The van der Waals surface area contributed by atoms with E-state index in [9.17, 15) is 24.4 Å². The molecule has 9 nitrogen and oxygen atoms in total. The van der Waals surface area contributed by atoms with Crippen LogP contribution in [0.2, 0.25) is 0 Å². The van der Waals surface area contributed by atoms with E-state index in [0.29, 0.717) is 16.9 Å². The van der Waals surface area contributed by atoms with Gasteiger partial charge in [0, 0.05) is 41.1 Å². The molecule has 0 spiro atoms. The smallest absolute Gasteiger partial charge is 0.328 e. The highest BCUT2D eigenvalue weighted by atomic mass is 16.4. The number of amides is 2. The van der Waals surface area contributed by atoms with Crippen molar-refractivity contribution in [2.45, 2.75) is 12.3 Å². The minimum Gasteiger partial charge on any atom is -0.478 e. The molecule has 190 valence electrons. The van der Waals surface area contributed by atoms with Gasteiger partial charge in [-0.05, 0) is 60.0 Å². The fourth-order valence-corrected chi connectivity index (χ4v) is 3.81. The zero-order valence-electron chi connectivity index (χ0n) is 20.2. The highest BCUT2D eigenvalue weighted by Crippen LogP contribution is 2.39. The van der Waals surface area contributed by atoms with Crippen LogP contribution in [0.25, 0.3) is 0 Å². The van der Waals surface area contributed by atoms with E-state index in [1.54, 1.807) is 36.4 Å². The Labute approximate surface area is 218 Å². The lowest BCUT2D eigenvalue weighted by Gasteiger charge is -2.32. The molecule has 0 fully saturated rings. The lowest BCUT2D eigenvalue weighted by molar-refractivity contribution is -0.132. The molecule has 0 saturated heterocycles. The van der Waals surface area contributed by atoms with Crippen molar-refractivity contribution in [3.05, 3.63) is 119 Å². The number of aliphatic carboxylic acids is 2. The van der Waals surface area contributed by atoms with Crippen LogP contribution in [0.15, 0.2) is 97.1 Å². The zero-order valence-corrected chi connectivity index (χ0v) is 20.2. The molecule has 0 aliphatic rings. The maximum atomic E-state index is 11.9. The summed E-state index contributed by atoms with van der Waals surface area (Å²) in [6.07, 6.45) is 3.35. The average Bonchev–Trinajstić information content (AvgIpc) is 2.91. The van der Waals surface area contributed by atoms with Crippen LogP contribution in [0.3, 0.4) is 0 Å². The molecule has 0 heterocycles. The Morgan fingerprint density at radius 3 is 1.32 bits per heavy atom. The van der Waals surface area contributed by atoms with Crippen LogP contribution < -0.4 is 10.6 Å². The van der Waals surface area contributed by atoms with Gasteiger partial charge in [0.25, 0.3) is 0 Å². The molecular weight excluding hydrogens is 486 g/mol. The third-order valence-electron chi connectivity index (χ3n) is 5.81. The maximum absolute atomic E-state index is 11.9. The molecule has 0 aromatic heterocycles. The molecule has 0 unspecified atom stereocenters. The third kappa shape index (κ3) is 6.80. The van der Waals surface area contributed by atoms with Crippen LogP contribution in [-0.4, -0.2) is 34.0 Å². The Balaban J connectivity index is 1.95. The monoisotopic (exact) mass is 509 g/mol. The van der Waals surface area contributed by atoms with Gasteiger partial charge in [-0.15, -0.1) is 0 Å². The quantitative estimate of drug-likeness (QED) is 0.250. The lowest BCUT2D eigenvalue weighted by atomic mass is 9.71. The van der Waals surface area contributed by atoms with Crippen molar-refractivity contribution in [2.75, 3.05) is 10.6 Å². The molecule has 0 aliphatic carbocycles. The second-order valence-corrected chi connectivity index (χ2v) is 8.29. The van der Waals surface area contributed by atoms with Gasteiger partial charge in [-0.2, -0.15) is 5.26 Å². The molecule has 9 heteroatoms. The number of nitriles is 1. The SMILES string of the molecule is CC(c1ccc(C#N)cc1)(c1ccc(NC(=O)/C=C/C(=O)O)cc1)c1ccc(NC(=O)/C=C/C(=O)O)cc1. The summed E-state index contributed by atoms with van der Waals surface area (Å²) in [7, 11) is 0. The largest absolute Gasteiger partial charge is 0.478 e. The first kappa shape index (κ1) is 27.1. The van der Waals surface area contributed by atoms with Crippen LogP contribution >= 0.6 is 0 Å². The summed E-state index contributed by atoms with van der Waals surface area (Å²) in [5.41, 5.74) is 3.37. The van der Waals surface area contributed by atoms with Gasteiger partial charge in [0.2, 0.25) is 11.8 Å². The number of nitrogens with zero attached hydrogens (tertiary/aromatic N) is 1. The van der Waals surface area contributed by atoms with Crippen molar-refractivity contribution in [1.82, 2.24) is 0 Å². The normalized spacial score (nSPS) is 11.2. The second-order valence-electron chi connectivity index (χ2n) is 8.29. The topological polar surface area (TPSA) is 157 Å². The standard InChI is InChI=1S/C29H23N3O6/c1-29(20-4-2-19(18-30)3-5-20,21-6-10-23(11-7-21)31-25(33)14-16-27(35)36)22-8-12-24(13-9-22)32-26(34)15-17-28(37)38/h2-17H,1H3,(H,31,33)(H,32,34)(H,35,36)(H,37,38)/b16-14+,17-15+. The fraction of sp³-hybridized carbons (Fsp3) is 0.0690. The number of hydrogen-bond acceptors (Lipinski definition) is 5. The Morgan fingerprint density at radius 2 is 1.00 bits per heavy atom. The molecule has 0 radical (unpaired) electrons. The van der Waals surface area contributed by atoms with Gasteiger partial charge in [-0.3, -0.25) is 9.59 Å². The van der Waals surface area contributed by atoms with Crippen molar-refractivity contribution in [1.29, 1.82) is 5.26 Å². The molecule has 0 saturated carbocycles. The molecule has 0 atom stereocenters. The average molecular weight is 510 g/mol. The van der Waals surface area contributed by atoms with E-state index in [1.807, 2.05) is 43.3 Å². The van der Waals surface area contributed by atoms with Crippen LogP contribution in [0.5, 0.6) is 0 Å². The van der Waals surface area contributed by atoms with Gasteiger partial charge in [-0.25, -0.2) is 9.59 Å². The minimum absolute atomic E-state index is 0.475. The molecule has 0 bridgehead atoms. The maximum Gasteiger partial charge on any atom is 0.328 e. The van der Waals surface area contributed by atoms with Gasteiger partial charge in [0.15, 0.2) is 0 Å². The lowest BCUT2D eigenvalue weighted by Crippen LogP contribution is -2.25.